The van der Waals surface area contributed by atoms with Gasteiger partial charge >= 0.3 is 0 Å². The molecule has 0 saturated carbocycles. The number of nitriles is 2. The number of rotatable bonds is 5. The van der Waals surface area contributed by atoms with Gasteiger partial charge in [-0.3, -0.25) is 4.79 Å². The third kappa shape index (κ3) is 2.92. The second-order valence-corrected chi connectivity index (χ2v) is 6.17. The van der Waals surface area contributed by atoms with Gasteiger partial charge in [-0.2, -0.15) is 10.5 Å². The second-order valence-electron chi connectivity index (χ2n) is 6.17. The van der Waals surface area contributed by atoms with E-state index in [0.29, 0.717) is 12.0 Å². The molecule has 2 aromatic carbocycles. The van der Waals surface area contributed by atoms with E-state index in [2.05, 4.69) is 17.5 Å². The molecule has 1 saturated heterocycles. The summed E-state index contributed by atoms with van der Waals surface area (Å²) in [6.45, 7) is 0.333. The van der Waals surface area contributed by atoms with Crippen molar-refractivity contribution in [3.05, 3.63) is 71.5 Å². The van der Waals surface area contributed by atoms with Crippen LogP contribution in [0.2, 0.25) is 0 Å². The van der Waals surface area contributed by atoms with Crippen LogP contribution < -0.4 is 5.32 Å². The van der Waals surface area contributed by atoms with Crippen LogP contribution in [0.3, 0.4) is 0 Å². The highest BCUT2D eigenvalue weighted by atomic mass is 19.1. The molecule has 3 atom stereocenters. The minimum absolute atomic E-state index is 0.0000132. The molecular formula is C20H16FN3O2. The van der Waals surface area contributed by atoms with Gasteiger partial charge in [0.15, 0.2) is 5.41 Å². The Hall–Kier alpha value is -3.22. The lowest BCUT2D eigenvalue weighted by Gasteiger charge is -2.28. The molecule has 3 unspecified atom stereocenters. The average Bonchev–Trinajstić information content (AvgIpc) is 3.02. The molecular weight excluding hydrogens is 333 g/mol. The van der Waals surface area contributed by atoms with E-state index in [1.165, 1.54) is 12.1 Å². The van der Waals surface area contributed by atoms with Crippen molar-refractivity contribution in [2.45, 2.75) is 18.0 Å². The maximum absolute atomic E-state index is 13.4. The van der Waals surface area contributed by atoms with Crippen LogP contribution in [0.4, 0.5) is 4.39 Å². The molecule has 0 aromatic heterocycles. The van der Waals surface area contributed by atoms with E-state index in [4.69, 9.17) is 4.74 Å². The summed E-state index contributed by atoms with van der Waals surface area (Å²) in [5.74, 6) is -0.997. The summed E-state index contributed by atoms with van der Waals surface area (Å²) in [5, 5.41) is 23.2. The number of ether oxygens (including phenoxy) is 1. The topological polar surface area (TPSA) is 85.9 Å². The highest BCUT2D eigenvalue weighted by molar-refractivity contribution is 5.43. The summed E-state index contributed by atoms with van der Waals surface area (Å²) >= 11 is 0. The molecule has 0 spiro atoms. The van der Waals surface area contributed by atoms with Crippen LogP contribution in [0.15, 0.2) is 54.6 Å². The zero-order valence-electron chi connectivity index (χ0n) is 13.8. The van der Waals surface area contributed by atoms with Gasteiger partial charge < -0.3 is 10.1 Å². The predicted octanol–water partition coefficient (Wildman–Crippen LogP) is 2.83. The van der Waals surface area contributed by atoms with Gasteiger partial charge in [0.05, 0.1) is 24.2 Å². The maximum Gasteiger partial charge on any atom is 0.293 e. The molecule has 0 aliphatic carbocycles. The zero-order valence-corrected chi connectivity index (χ0v) is 13.8. The molecule has 1 aliphatic heterocycles. The van der Waals surface area contributed by atoms with Crippen molar-refractivity contribution in [1.82, 2.24) is 5.32 Å². The predicted molar refractivity (Wildman–Crippen MR) is 90.9 cm³/mol. The van der Waals surface area contributed by atoms with Crippen molar-refractivity contribution in [2.75, 3.05) is 6.61 Å². The van der Waals surface area contributed by atoms with E-state index in [1.807, 2.05) is 30.3 Å². The number of nitrogens with zero attached hydrogens (tertiary/aromatic N) is 2. The van der Waals surface area contributed by atoms with Gasteiger partial charge in [0.25, 0.3) is 6.47 Å². The average molecular weight is 349 g/mol. The number of halogens is 1. The third-order valence-corrected chi connectivity index (χ3v) is 4.80. The SMILES string of the molecule is N#CC1(C#N)C(c2ccccc2)NC(COC=O)C1c1ccc(F)cc1. The van der Waals surface area contributed by atoms with Crippen molar-refractivity contribution < 1.29 is 13.9 Å². The van der Waals surface area contributed by atoms with E-state index >= 15 is 0 Å². The lowest BCUT2D eigenvalue weighted by atomic mass is 9.69. The summed E-state index contributed by atoms with van der Waals surface area (Å²) < 4.78 is 18.3. The van der Waals surface area contributed by atoms with Crippen LogP contribution in [-0.2, 0) is 9.53 Å². The molecule has 3 rings (SSSR count). The fraction of sp³-hybridized carbons (Fsp3) is 0.250. The van der Waals surface area contributed by atoms with E-state index in [-0.39, 0.29) is 6.61 Å². The molecule has 2 aromatic rings. The maximum atomic E-state index is 13.4. The Kier molecular flexibility index (Phi) is 4.97. The number of nitrogens with one attached hydrogen (secondary N) is 1. The lowest BCUT2D eigenvalue weighted by molar-refractivity contribution is -0.129. The molecule has 6 heteroatoms. The first-order chi connectivity index (χ1) is 12.7. The van der Waals surface area contributed by atoms with Crippen LogP contribution in [0.1, 0.15) is 23.1 Å². The quantitative estimate of drug-likeness (QED) is 0.839. The number of carbonyl (C=O) groups is 1. The van der Waals surface area contributed by atoms with E-state index < -0.39 is 29.2 Å². The van der Waals surface area contributed by atoms with Crippen molar-refractivity contribution in [3.8, 4) is 12.1 Å². The molecule has 0 amide bonds. The van der Waals surface area contributed by atoms with Gasteiger partial charge in [-0.15, -0.1) is 0 Å². The fourth-order valence-electron chi connectivity index (χ4n) is 3.69. The first-order valence-electron chi connectivity index (χ1n) is 8.10. The molecule has 1 heterocycles. The second kappa shape index (κ2) is 7.35. The first-order valence-corrected chi connectivity index (χ1v) is 8.10. The van der Waals surface area contributed by atoms with Crippen LogP contribution in [0.5, 0.6) is 0 Å². The van der Waals surface area contributed by atoms with E-state index in [0.717, 1.165) is 5.56 Å². The fourth-order valence-corrected chi connectivity index (χ4v) is 3.69. The summed E-state index contributed by atoms with van der Waals surface area (Å²) in [7, 11) is 0. The molecule has 130 valence electrons. The van der Waals surface area contributed by atoms with Crippen molar-refractivity contribution >= 4 is 6.47 Å². The van der Waals surface area contributed by atoms with Gasteiger partial charge in [-0.1, -0.05) is 42.5 Å². The van der Waals surface area contributed by atoms with Crippen molar-refractivity contribution in [1.29, 1.82) is 10.5 Å². The summed E-state index contributed by atoms with van der Waals surface area (Å²) in [6, 6.07) is 18.2. The Labute approximate surface area is 150 Å². The third-order valence-electron chi connectivity index (χ3n) is 4.80. The van der Waals surface area contributed by atoms with Gasteiger partial charge in [0, 0.05) is 5.92 Å². The van der Waals surface area contributed by atoms with Gasteiger partial charge in [0.2, 0.25) is 0 Å². The minimum atomic E-state index is -1.43. The Bertz CT molecular complexity index is 841. The van der Waals surface area contributed by atoms with Gasteiger partial charge in [-0.05, 0) is 23.3 Å². The number of hydrogen-bond acceptors (Lipinski definition) is 5. The first kappa shape index (κ1) is 17.6. The van der Waals surface area contributed by atoms with Crippen LogP contribution in [0, 0.1) is 33.9 Å². The normalized spacial score (nSPS) is 23.6. The van der Waals surface area contributed by atoms with Gasteiger partial charge in [-0.25, -0.2) is 4.39 Å². The highest BCUT2D eigenvalue weighted by Gasteiger charge is 2.57. The van der Waals surface area contributed by atoms with Crippen LogP contribution >= 0.6 is 0 Å². The molecule has 1 N–H and O–H groups in total. The zero-order chi connectivity index (χ0) is 18.6. The lowest BCUT2D eigenvalue weighted by Crippen LogP contribution is -2.32. The van der Waals surface area contributed by atoms with E-state index in [9.17, 15) is 19.7 Å². The molecule has 26 heavy (non-hydrogen) atoms. The Morgan fingerprint density at radius 2 is 1.73 bits per heavy atom. The largest absolute Gasteiger partial charge is 0.466 e. The van der Waals surface area contributed by atoms with Crippen LogP contribution in [-0.4, -0.2) is 19.1 Å². The summed E-state index contributed by atoms with van der Waals surface area (Å²) in [5.41, 5.74) is -0.00735. The standard InChI is InChI=1S/C20H16FN3O2/c21-16-8-6-14(7-9-16)18-17(10-26-13-25)24-19(20(18,11-22)12-23)15-4-2-1-3-5-15/h1-9,13,17-19,24H,10H2. The number of benzene rings is 2. The smallest absolute Gasteiger partial charge is 0.293 e. The minimum Gasteiger partial charge on any atom is -0.466 e. The summed E-state index contributed by atoms with van der Waals surface area (Å²) in [4.78, 5) is 10.7. The van der Waals surface area contributed by atoms with Crippen LogP contribution in [0.25, 0.3) is 0 Å². The van der Waals surface area contributed by atoms with E-state index in [1.54, 1.807) is 12.1 Å². The molecule has 0 radical (unpaired) electrons. The molecule has 5 nitrogen and oxygen atoms in total. The molecule has 1 aliphatic rings. The van der Waals surface area contributed by atoms with Crippen molar-refractivity contribution in [2.24, 2.45) is 5.41 Å². The Balaban J connectivity index is 2.12. The summed E-state index contributed by atoms with van der Waals surface area (Å²) in [6.07, 6.45) is 0. The number of hydrogen-bond donors (Lipinski definition) is 1. The molecule has 0 bridgehead atoms. The Morgan fingerprint density at radius 3 is 2.31 bits per heavy atom. The number of carbonyl (C=O) groups excluding carboxylic acids is 1. The molecule has 1 fully saturated rings. The monoisotopic (exact) mass is 349 g/mol. The Morgan fingerprint density at radius 1 is 1.08 bits per heavy atom. The van der Waals surface area contributed by atoms with Gasteiger partial charge in [0.1, 0.15) is 12.4 Å². The van der Waals surface area contributed by atoms with Crippen molar-refractivity contribution in [3.63, 3.8) is 0 Å². The highest BCUT2D eigenvalue weighted by Crippen LogP contribution is 2.52.